The van der Waals surface area contributed by atoms with Gasteiger partial charge >= 0.3 is 0 Å². The summed E-state index contributed by atoms with van der Waals surface area (Å²) in [5.74, 6) is 0.744. The number of benzene rings is 1. The van der Waals surface area contributed by atoms with Gasteiger partial charge in [0.2, 0.25) is 0 Å². The summed E-state index contributed by atoms with van der Waals surface area (Å²) in [4.78, 5) is 4.43. The first-order valence-electron chi connectivity index (χ1n) is 5.92. The SMILES string of the molecule is Cc1cc(OCc2ccccc2)c2n[nH]c(Br)c2n1. The van der Waals surface area contributed by atoms with Crippen LogP contribution in [0.15, 0.2) is 41.0 Å². The first kappa shape index (κ1) is 12.2. The molecule has 0 unspecified atom stereocenters. The van der Waals surface area contributed by atoms with E-state index in [2.05, 4.69) is 31.1 Å². The van der Waals surface area contributed by atoms with Gasteiger partial charge in [0.1, 0.15) is 16.7 Å². The maximum atomic E-state index is 5.86. The molecule has 1 aromatic carbocycles. The standard InChI is InChI=1S/C14H12BrN3O/c1-9-7-11(12-13(16-9)14(15)18-17-12)19-8-10-5-3-2-4-6-10/h2-7H,8H2,1H3,(H,17,18). The first-order valence-corrected chi connectivity index (χ1v) is 6.71. The van der Waals surface area contributed by atoms with Gasteiger partial charge in [0.05, 0.1) is 0 Å². The number of fused-ring (bicyclic) bond motifs is 1. The van der Waals surface area contributed by atoms with Crippen molar-refractivity contribution < 1.29 is 4.74 Å². The summed E-state index contributed by atoms with van der Waals surface area (Å²) in [6.07, 6.45) is 0. The molecule has 3 rings (SSSR count). The highest BCUT2D eigenvalue weighted by atomic mass is 79.9. The molecule has 4 nitrogen and oxygen atoms in total. The molecule has 0 fully saturated rings. The zero-order valence-corrected chi connectivity index (χ0v) is 11.9. The minimum atomic E-state index is 0.518. The molecule has 96 valence electrons. The molecule has 2 aromatic heterocycles. The number of aromatic nitrogens is 3. The molecule has 0 atom stereocenters. The second-order valence-corrected chi connectivity index (χ2v) is 5.06. The van der Waals surface area contributed by atoms with Crippen molar-refractivity contribution in [2.45, 2.75) is 13.5 Å². The number of pyridine rings is 1. The van der Waals surface area contributed by atoms with E-state index in [0.717, 1.165) is 32.6 Å². The van der Waals surface area contributed by atoms with Crippen molar-refractivity contribution in [3.8, 4) is 5.75 Å². The summed E-state index contributed by atoms with van der Waals surface area (Å²) < 4.78 is 6.63. The average molecular weight is 318 g/mol. The van der Waals surface area contributed by atoms with Crippen LogP contribution >= 0.6 is 15.9 Å². The Bertz CT molecular complexity index is 709. The normalized spacial score (nSPS) is 10.8. The van der Waals surface area contributed by atoms with Crippen LogP contribution in [0.1, 0.15) is 11.3 Å². The molecule has 2 heterocycles. The molecule has 0 bridgehead atoms. The Morgan fingerprint density at radius 3 is 2.79 bits per heavy atom. The van der Waals surface area contributed by atoms with Crippen molar-refractivity contribution in [2.75, 3.05) is 0 Å². The fourth-order valence-corrected chi connectivity index (χ4v) is 2.27. The first-order chi connectivity index (χ1) is 9.24. The Morgan fingerprint density at radius 2 is 2.00 bits per heavy atom. The summed E-state index contributed by atoms with van der Waals surface area (Å²) in [5, 5.41) is 7.08. The zero-order valence-electron chi connectivity index (χ0n) is 10.4. The molecule has 3 aromatic rings. The van der Waals surface area contributed by atoms with E-state index in [0.29, 0.717) is 6.61 Å². The van der Waals surface area contributed by atoms with Gasteiger partial charge in [-0.2, -0.15) is 5.10 Å². The Labute approximate surface area is 118 Å². The summed E-state index contributed by atoms with van der Waals surface area (Å²) in [5.41, 5.74) is 3.56. The fourth-order valence-electron chi connectivity index (χ4n) is 1.90. The third kappa shape index (κ3) is 2.46. The van der Waals surface area contributed by atoms with Crippen LogP contribution in [0, 0.1) is 6.92 Å². The van der Waals surface area contributed by atoms with E-state index in [1.807, 2.05) is 43.3 Å². The third-order valence-corrected chi connectivity index (χ3v) is 3.35. The minimum absolute atomic E-state index is 0.518. The lowest BCUT2D eigenvalue weighted by Gasteiger charge is -2.07. The van der Waals surface area contributed by atoms with Gasteiger partial charge < -0.3 is 4.74 Å². The van der Waals surface area contributed by atoms with Crippen LogP contribution < -0.4 is 4.74 Å². The molecular weight excluding hydrogens is 306 g/mol. The molecule has 0 aliphatic heterocycles. The van der Waals surface area contributed by atoms with Crippen LogP contribution in [0.25, 0.3) is 11.0 Å². The maximum Gasteiger partial charge on any atom is 0.154 e. The number of nitrogens with one attached hydrogen (secondary N) is 1. The molecule has 0 radical (unpaired) electrons. The molecule has 19 heavy (non-hydrogen) atoms. The third-order valence-electron chi connectivity index (χ3n) is 2.80. The second kappa shape index (κ2) is 5.01. The number of aromatic amines is 1. The minimum Gasteiger partial charge on any atom is -0.486 e. The number of rotatable bonds is 3. The van der Waals surface area contributed by atoms with E-state index in [9.17, 15) is 0 Å². The zero-order chi connectivity index (χ0) is 13.2. The number of nitrogens with zero attached hydrogens (tertiary/aromatic N) is 2. The summed E-state index contributed by atoms with van der Waals surface area (Å²) in [7, 11) is 0. The van der Waals surface area contributed by atoms with E-state index in [4.69, 9.17) is 4.74 Å². The van der Waals surface area contributed by atoms with Gasteiger partial charge in [0, 0.05) is 11.8 Å². The van der Waals surface area contributed by atoms with Gasteiger partial charge in [-0.25, -0.2) is 4.98 Å². The van der Waals surface area contributed by atoms with Gasteiger partial charge in [-0.05, 0) is 28.4 Å². The van der Waals surface area contributed by atoms with Crippen molar-refractivity contribution in [1.82, 2.24) is 15.2 Å². The predicted molar refractivity (Wildman–Crippen MR) is 77.1 cm³/mol. The highest BCUT2D eigenvalue weighted by Gasteiger charge is 2.11. The molecule has 0 saturated carbocycles. The lowest BCUT2D eigenvalue weighted by molar-refractivity contribution is 0.309. The number of ether oxygens (including phenoxy) is 1. The van der Waals surface area contributed by atoms with Crippen LogP contribution in [0.5, 0.6) is 5.75 Å². The van der Waals surface area contributed by atoms with Crippen LogP contribution in [0.4, 0.5) is 0 Å². The highest BCUT2D eigenvalue weighted by Crippen LogP contribution is 2.28. The monoisotopic (exact) mass is 317 g/mol. The lowest BCUT2D eigenvalue weighted by atomic mass is 10.2. The van der Waals surface area contributed by atoms with Crippen LogP contribution in [0.2, 0.25) is 0 Å². The molecule has 0 saturated heterocycles. The van der Waals surface area contributed by atoms with Crippen LogP contribution in [-0.2, 0) is 6.61 Å². The van der Waals surface area contributed by atoms with E-state index >= 15 is 0 Å². The predicted octanol–water partition coefficient (Wildman–Crippen LogP) is 3.61. The molecular formula is C14H12BrN3O. The molecule has 0 amide bonds. The largest absolute Gasteiger partial charge is 0.486 e. The Hall–Kier alpha value is -1.88. The summed E-state index contributed by atoms with van der Waals surface area (Å²) in [6, 6.07) is 12.0. The van der Waals surface area contributed by atoms with Gasteiger partial charge in [-0.15, -0.1) is 0 Å². The van der Waals surface area contributed by atoms with E-state index in [1.54, 1.807) is 0 Å². The van der Waals surface area contributed by atoms with Crippen LogP contribution in [0.3, 0.4) is 0 Å². The number of hydrogen-bond donors (Lipinski definition) is 1. The van der Waals surface area contributed by atoms with Crippen molar-refractivity contribution in [1.29, 1.82) is 0 Å². The number of aryl methyl sites for hydroxylation is 1. The maximum absolute atomic E-state index is 5.86. The number of halogens is 1. The average Bonchev–Trinajstić information content (AvgIpc) is 2.79. The number of hydrogen-bond acceptors (Lipinski definition) is 3. The van der Waals surface area contributed by atoms with Gasteiger partial charge in [-0.1, -0.05) is 30.3 Å². The second-order valence-electron chi connectivity index (χ2n) is 4.27. The van der Waals surface area contributed by atoms with Crippen molar-refractivity contribution >= 4 is 27.0 Å². The van der Waals surface area contributed by atoms with E-state index in [1.165, 1.54) is 0 Å². The van der Waals surface area contributed by atoms with E-state index < -0.39 is 0 Å². The lowest BCUT2D eigenvalue weighted by Crippen LogP contribution is -1.97. The smallest absolute Gasteiger partial charge is 0.154 e. The molecule has 0 aliphatic carbocycles. The van der Waals surface area contributed by atoms with E-state index in [-0.39, 0.29) is 0 Å². The Kier molecular flexibility index (Phi) is 3.21. The Morgan fingerprint density at radius 1 is 1.21 bits per heavy atom. The topological polar surface area (TPSA) is 50.8 Å². The van der Waals surface area contributed by atoms with Gasteiger partial charge in [0.15, 0.2) is 11.3 Å². The molecule has 0 aliphatic rings. The summed E-state index contributed by atoms with van der Waals surface area (Å²) >= 11 is 3.40. The van der Waals surface area contributed by atoms with Crippen molar-refractivity contribution in [3.63, 3.8) is 0 Å². The van der Waals surface area contributed by atoms with Crippen LogP contribution in [-0.4, -0.2) is 15.2 Å². The molecule has 5 heteroatoms. The molecule has 1 N–H and O–H groups in total. The van der Waals surface area contributed by atoms with Crippen molar-refractivity contribution in [3.05, 3.63) is 52.3 Å². The molecule has 0 spiro atoms. The van der Waals surface area contributed by atoms with Gasteiger partial charge in [0.25, 0.3) is 0 Å². The summed E-state index contributed by atoms with van der Waals surface area (Å²) in [6.45, 7) is 2.46. The number of H-pyrrole nitrogens is 1. The highest BCUT2D eigenvalue weighted by molar-refractivity contribution is 9.10. The quantitative estimate of drug-likeness (QED) is 0.802. The Balaban J connectivity index is 1.92. The van der Waals surface area contributed by atoms with Crippen molar-refractivity contribution in [2.24, 2.45) is 0 Å². The van der Waals surface area contributed by atoms with Gasteiger partial charge in [-0.3, -0.25) is 5.10 Å². The fraction of sp³-hybridized carbons (Fsp3) is 0.143.